The lowest BCUT2D eigenvalue weighted by Crippen LogP contribution is -2.48. The van der Waals surface area contributed by atoms with Crippen molar-refractivity contribution < 1.29 is 9.59 Å². The third-order valence-corrected chi connectivity index (χ3v) is 4.89. The molecular formula is C19H20ClN5O2. The second kappa shape index (κ2) is 7.36. The van der Waals surface area contributed by atoms with Gasteiger partial charge in [0, 0.05) is 12.7 Å². The quantitative estimate of drug-likeness (QED) is 0.790. The molecule has 8 heteroatoms. The maximum absolute atomic E-state index is 12.4. The molecule has 7 nitrogen and oxygen atoms in total. The van der Waals surface area contributed by atoms with Crippen LogP contribution in [-0.2, 0) is 10.3 Å². The second-order valence-electron chi connectivity index (χ2n) is 6.37. The third-order valence-electron chi connectivity index (χ3n) is 4.68. The predicted molar refractivity (Wildman–Crippen MR) is 105 cm³/mol. The highest BCUT2D eigenvalue weighted by Gasteiger charge is 2.38. The number of guanidine groups is 1. The van der Waals surface area contributed by atoms with E-state index >= 15 is 0 Å². The lowest BCUT2D eigenvalue weighted by Gasteiger charge is -2.36. The summed E-state index contributed by atoms with van der Waals surface area (Å²) in [6.45, 7) is 1.95. The monoisotopic (exact) mass is 385 g/mol. The summed E-state index contributed by atoms with van der Waals surface area (Å²) >= 11 is 5.84. The fraction of sp³-hybridized carbons (Fsp3) is 0.263. The molecule has 3 rings (SSSR count). The van der Waals surface area contributed by atoms with Crippen molar-refractivity contribution in [2.75, 3.05) is 12.4 Å². The van der Waals surface area contributed by atoms with E-state index in [0.717, 1.165) is 5.56 Å². The Bertz CT molecular complexity index is 930. The molecule has 2 amide bonds. The Kier molecular flexibility index (Phi) is 5.14. The summed E-state index contributed by atoms with van der Waals surface area (Å²) in [6, 6.07) is 12.1. The van der Waals surface area contributed by atoms with Gasteiger partial charge in [0.1, 0.15) is 10.8 Å². The van der Waals surface area contributed by atoms with Crippen LogP contribution in [0.5, 0.6) is 0 Å². The zero-order valence-electron chi connectivity index (χ0n) is 15.1. The van der Waals surface area contributed by atoms with Crippen molar-refractivity contribution in [3.63, 3.8) is 0 Å². The van der Waals surface area contributed by atoms with Crippen LogP contribution in [0.4, 0.5) is 5.69 Å². The summed E-state index contributed by atoms with van der Waals surface area (Å²) in [6.07, 6.45) is 0.814. The standard InChI is InChI=1S/C19H20ClN5O2/c1-3-19(11-16(26)25(2)18(21)24-19)12-6-4-7-13(10-12)22-17(27)14-8-5-9-15(20)23-14/h4-10H,3,11H2,1-2H3,(H2,21,24)(H,22,27). The highest BCUT2D eigenvalue weighted by molar-refractivity contribution is 6.29. The minimum atomic E-state index is -0.747. The lowest BCUT2D eigenvalue weighted by atomic mass is 9.83. The summed E-state index contributed by atoms with van der Waals surface area (Å²) in [7, 11) is 1.61. The molecule has 0 radical (unpaired) electrons. The Hall–Kier alpha value is -2.93. The number of aromatic nitrogens is 1. The Labute approximate surface area is 162 Å². The summed E-state index contributed by atoms with van der Waals surface area (Å²) in [5, 5.41) is 3.05. The van der Waals surface area contributed by atoms with Crippen molar-refractivity contribution in [1.29, 1.82) is 0 Å². The molecule has 140 valence electrons. The summed E-state index contributed by atoms with van der Waals surface area (Å²) in [5.41, 5.74) is 6.79. The van der Waals surface area contributed by atoms with Crippen molar-refractivity contribution in [2.45, 2.75) is 25.3 Å². The van der Waals surface area contributed by atoms with Gasteiger partial charge >= 0.3 is 0 Å². The second-order valence-corrected chi connectivity index (χ2v) is 6.75. The van der Waals surface area contributed by atoms with Gasteiger partial charge in [0.25, 0.3) is 5.91 Å². The first kappa shape index (κ1) is 18.8. The van der Waals surface area contributed by atoms with Gasteiger partial charge < -0.3 is 11.1 Å². The van der Waals surface area contributed by atoms with Crippen LogP contribution < -0.4 is 11.1 Å². The normalized spacial score (nSPS) is 19.6. The van der Waals surface area contributed by atoms with Crippen LogP contribution in [0, 0.1) is 0 Å². The first-order valence-corrected chi connectivity index (χ1v) is 8.89. The molecule has 0 aliphatic carbocycles. The van der Waals surface area contributed by atoms with Crippen LogP contribution in [0.15, 0.2) is 47.5 Å². The number of carbonyl (C=O) groups is 2. The van der Waals surface area contributed by atoms with E-state index in [4.69, 9.17) is 17.3 Å². The fourth-order valence-electron chi connectivity index (χ4n) is 3.02. The maximum Gasteiger partial charge on any atom is 0.274 e. The van der Waals surface area contributed by atoms with E-state index in [0.29, 0.717) is 12.1 Å². The zero-order chi connectivity index (χ0) is 19.6. The van der Waals surface area contributed by atoms with Crippen molar-refractivity contribution in [1.82, 2.24) is 9.88 Å². The van der Waals surface area contributed by atoms with Crippen LogP contribution >= 0.6 is 11.6 Å². The smallest absolute Gasteiger partial charge is 0.274 e. The fourth-order valence-corrected chi connectivity index (χ4v) is 3.19. The number of anilines is 1. The van der Waals surface area contributed by atoms with E-state index < -0.39 is 5.54 Å². The molecule has 0 spiro atoms. The minimum Gasteiger partial charge on any atom is -0.369 e. The Morgan fingerprint density at radius 1 is 1.33 bits per heavy atom. The van der Waals surface area contributed by atoms with Crippen LogP contribution in [0.25, 0.3) is 0 Å². The van der Waals surface area contributed by atoms with Crippen LogP contribution in [0.3, 0.4) is 0 Å². The first-order valence-electron chi connectivity index (χ1n) is 8.51. The minimum absolute atomic E-state index is 0.0954. The molecule has 1 unspecified atom stereocenters. The van der Waals surface area contributed by atoms with Gasteiger partial charge in [0.15, 0.2) is 5.96 Å². The molecule has 1 aromatic heterocycles. The highest BCUT2D eigenvalue weighted by Crippen LogP contribution is 2.37. The SMILES string of the molecule is CCC1(c2cccc(NC(=O)c3cccc(Cl)n3)c2)CC(=O)N(C)C(N)=N1. The molecular weight excluding hydrogens is 366 g/mol. The molecule has 3 N–H and O–H groups in total. The Morgan fingerprint density at radius 2 is 2.07 bits per heavy atom. The van der Waals surface area contributed by atoms with Crippen molar-refractivity contribution >= 4 is 35.1 Å². The summed E-state index contributed by atoms with van der Waals surface area (Å²) in [4.78, 5) is 34.7. The molecule has 0 saturated heterocycles. The van der Waals surface area contributed by atoms with E-state index in [2.05, 4.69) is 15.3 Å². The van der Waals surface area contributed by atoms with E-state index in [9.17, 15) is 9.59 Å². The van der Waals surface area contributed by atoms with Gasteiger partial charge in [-0.1, -0.05) is 36.7 Å². The number of aliphatic imine (C=N–C) groups is 1. The van der Waals surface area contributed by atoms with Gasteiger partial charge in [-0.25, -0.2) is 9.98 Å². The molecule has 0 saturated carbocycles. The molecule has 0 fully saturated rings. The molecule has 1 atom stereocenters. The number of pyridine rings is 1. The number of amides is 2. The number of nitrogens with zero attached hydrogens (tertiary/aromatic N) is 3. The highest BCUT2D eigenvalue weighted by atomic mass is 35.5. The number of halogens is 1. The van der Waals surface area contributed by atoms with Crippen LogP contribution in [-0.4, -0.2) is 34.7 Å². The molecule has 0 bridgehead atoms. The van der Waals surface area contributed by atoms with E-state index in [1.165, 1.54) is 4.90 Å². The zero-order valence-corrected chi connectivity index (χ0v) is 15.8. The van der Waals surface area contributed by atoms with E-state index in [1.807, 2.05) is 19.1 Å². The van der Waals surface area contributed by atoms with E-state index in [-0.39, 0.29) is 35.0 Å². The first-order chi connectivity index (χ1) is 12.8. The largest absolute Gasteiger partial charge is 0.369 e. The van der Waals surface area contributed by atoms with Gasteiger partial charge in [0.05, 0.1) is 12.0 Å². The van der Waals surface area contributed by atoms with E-state index in [1.54, 1.807) is 37.4 Å². The van der Waals surface area contributed by atoms with Crippen molar-refractivity contribution in [2.24, 2.45) is 10.7 Å². The average molecular weight is 386 g/mol. The predicted octanol–water partition coefficient (Wildman–Crippen LogP) is 2.77. The third kappa shape index (κ3) is 3.78. The molecule has 2 heterocycles. The summed E-state index contributed by atoms with van der Waals surface area (Å²) in [5.74, 6) is -0.282. The molecule has 2 aromatic rings. The molecule has 1 aromatic carbocycles. The maximum atomic E-state index is 12.4. The summed E-state index contributed by atoms with van der Waals surface area (Å²) < 4.78 is 0. The van der Waals surface area contributed by atoms with Gasteiger partial charge in [-0.3, -0.25) is 14.5 Å². The molecule has 1 aliphatic heterocycles. The molecule has 1 aliphatic rings. The topological polar surface area (TPSA) is 101 Å². The van der Waals surface area contributed by atoms with Gasteiger partial charge in [0.2, 0.25) is 5.91 Å². The Balaban J connectivity index is 1.91. The number of benzene rings is 1. The molecule has 27 heavy (non-hydrogen) atoms. The van der Waals surface area contributed by atoms with Gasteiger partial charge in [-0.2, -0.15) is 0 Å². The number of nitrogens with one attached hydrogen (secondary N) is 1. The number of carbonyl (C=O) groups excluding carboxylic acids is 2. The lowest BCUT2D eigenvalue weighted by molar-refractivity contribution is -0.128. The van der Waals surface area contributed by atoms with Crippen LogP contribution in [0.2, 0.25) is 5.15 Å². The van der Waals surface area contributed by atoms with Gasteiger partial charge in [-0.15, -0.1) is 0 Å². The average Bonchev–Trinajstić information content (AvgIpc) is 2.66. The van der Waals surface area contributed by atoms with Crippen molar-refractivity contribution in [3.05, 3.63) is 58.9 Å². The van der Waals surface area contributed by atoms with Crippen molar-refractivity contribution in [3.8, 4) is 0 Å². The van der Waals surface area contributed by atoms with Gasteiger partial charge in [-0.05, 0) is 36.2 Å². The van der Waals surface area contributed by atoms with Crippen LogP contribution in [0.1, 0.15) is 35.8 Å². The number of nitrogens with two attached hydrogens (primary N) is 1. The number of hydrogen-bond acceptors (Lipinski definition) is 5. The Morgan fingerprint density at radius 3 is 2.74 bits per heavy atom. The number of hydrogen-bond donors (Lipinski definition) is 2. The number of rotatable bonds is 4.